The van der Waals surface area contributed by atoms with E-state index in [2.05, 4.69) is 0 Å². The van der Waals surface area contributed by atoms with Crippen molar-refractivity contribution >= 4 is 9.84 Å². The summed E-state index contributed by atoms with van der Waals surface area (Å²) in [5.74, 6) is -3.80. The zero-order chi connectivity index (χ0) is 19.4. The van der Waals surface area contributed by atoms with Crippen molar-refractivity contribution in [1.82, 2.24) is 0 Å². The van der Waals surface area contributed by atoms with E-state index in [9.17, 15) is 39.9 Å². The summed E-state index contributed by atoms with van der Waals surface area (Å²) >= 11 is 0. The van der Waals surface area contributed by atoms with E-state index < -0.39 is 66.8 Å². The van der Waals surface area contributed by atoms with Gasteiger partial charge in [0.25, 0.3) is 6.43 Å². The molecule has 1 aliphatic heterocycles. The molecular formula is C15H8F6O4S. The molecule has 0 aliphatic carbocycles. The van der Waals surface area contributed by atoms with Gasteiger partial charge in [0, 0.05) is 11.6 Å². The minimum atomic E-state index is -5.37. The Kier molecular flexibility index (Phi) is 4.19. The summed E-state index contributed by atoms with van der Waals surface area (Å²) in [5, 5.41) is 4.92. The van der Waals surface area contributed by atoms with Crippen LogP contribution >= 0.6 is 0 Å². The maximum Gasteiger partial charge on any atom is 0.379 e. The molecule has 1 atom stereocenters. The smallest absolute Gasteiger partial charge is 0.379 e. The third kappa shape index (κ3) is 2.53. The van der Waals surface area contributed by atoms with Gasteiger partial charge < -0.3 is 9.84 Å². The lowest BCUT2D eigenvalue weighted by Crippen LogP contribution is -2.28. The number of halogens is 6. The van der Waals surface area contributed by atoms with Crippen LogP contribution in [0.1, 0.15) is 23.7 Å². The lowest BCUT2D eigenvalue weighted by atomic mass is 10.0. The molecule has 0 aromatic heterocycles. The van der Waals surface area contributed by atoms with Crippen LogP contribution in [0.5, 0.6) is 11.5 Å². The quantitative estimate of drug-likeness (QED) is 0.791. The van der Waals surface area contributed by atoms with E-state index >= 15 is 0 Å². The first-order valence-corrected chi connectivity index (χ1v) is 8.35. The standard InChI is InChI=1S/C15H8F6O4S/c16-7-2-1-6(5-8(7)17)25-9-3-4-10-12(11(9)14(18)19)13(22)15(20,21)26(10,23)24/h1-5,13-14,22H. The first-order valence-electron chi connectivity index (χ1n) is 6.87. The van der Waals surface area contributed by atoms with Crippen molar-refractivity contribution in [2.45, 2.75) is 22.7 Å². The van der Waals surface area contributed by atoms with Gasteiger partial charge in [-0.3, -0.25) is 0 Å². The molecule has 2 aromatic carbocycles. The Bertz CT molecular complexity index is 990. The van der Waals surface area contributed by atoms with Crippen LogP contribution in [0.25, 0.3) is 0 Å². The lowest BCUT2D eigenvalue weighted by Gasteiger charge is -2.16. The van der Waals surface area contributed by atoms with E-state index in [4.69, 9.17) is 4.74 Å². The Morgan fingerprint density at radius 1 is 1.08 bits per heavy atom. The van der Waals surface area contributed by atoms with Gasteiger partial charge in [-0.1, -0.05) is 0 Å². The van der Waals surface area contributed by atoms with E-state index in [1.165, 1.54) is 0 Å². The molecule has 3 rings (SSSR count). The molecule has 0 saturated heterocycles. The molecule has 0 bridgehead atoms. The maximum atomic E-state index is 13.8. The summed E-state index contributed by atoms with van der Waals surface area (Å²) in [6.07, 6.45) is -6.52. The molecule has 26 heavy (non-hydrogen) atoms. The van der Waals surface area contributed by atoms with Gasteiger partial charge in [-0.15, -0.1) is 0 Å². The lowest BCUT2D eigenvalue weighted by molar-refractivity contribution is -0.0391. The van der Waals surface area contributed by atoms with E-state index in [-0.39, 0.29) is 0 Å². The van der Waals surface area contributed by atoms with Crippen LogP contribution in [-0.2, 0) is 9.84 Å². The number of aliphatic hydroxyl groups is 1. The molecule has 0 spiro atoms. The number of hydrogen-bond acceptors (Lipinski definition) is 4. The molecule has 1 aliphatic rings. The summed E-state index contributed by atoms with van der Waals surface area (Å²) in [5.41, 5.74) is -2.47. The van der Waals surface area contributed by atoms with E-state index in [1.54, 1.807) is 0 Å². The van der Waals surface area contributed by atoms with Crippen LogP contribution < -0.4 is 4.74 Å². The molecule has 0 fully saturated rings. The molecule has 11 heteroatoms. The van der Waals surface area contributed by atoms with E-state index in [1.807, 2.05) is 0 Å². The number of fused-ring (bicyclic) bond motifs is 1. The highest BCUT2D eigenvalue weighted by Crippen LogP contribution is 2.53. The van der Waals surface area contributed by atoms with Gasteiger partial charge >= 0.3 is 5.25 Å². The topological polar surface area (TPSA) is 63.6 Å². The number of alkyl halides is 4. The predicted molar refractivity (Wildman–Crippen MR) is 74.9 cm³/mol. The highest BCUT2D eigenvalue weighted by Gasteiger charge is 2.61. The summed E-state index contributed by atoms with van der Waals surface area (Å²) < 4.78 is 109. The summed E-state index contributed by atoms with van der Waals surface area (Å²) in [4.78, 5) is -1.15. The number of ether oxygens (including phenoxy) is 1. The van der Waals surface area contributed by atoms with Crippen LogP contribution in [-0.4, -0.2) is 18.8 Å². The highest BCUT2D eigenvalue weighted by atomic mass is 32.2. The minimum absolute atomic E-state index is 0.437. The fourth-order valence-corrected chi connectivity index (χ4v) is 4.02. The van der Waals surface area contributed by atoms with Crippen molar-refractivity contribution in [3.05, 3.63) is 53.1 Å². The average molecular weight is 398 g/mol. The van der Waals surface area contributed by atoms with Gasteiger partial charge in [0.15, 0.2) is 17.7 Å². The second-order valence-electron chi connectivity index (χ2n) is 5.34. The Labute approximate surface area is 142 Å². The van der Waals surface area contributed by atoms with Crippen LogP contribution in [0.2, 0.25) is 0 Å². The highest BCUT2D eigenvalue weighted by molar-refractivity contribution is 7.92. The van der Waals surface area contributed by atoms with Crippen molar-refractivity contribution in [1.29, 1.82) is 0 Å². The van der Waals surface area contributed by atoms with Crippen molar-refractivity contribution < 1.29 is 44.6 Å². The fourth-order valence-electron chi connectivity index (χ4n) is 2.56. The van der Waals surface area contributed by atoms with E-state index in [0.717, 1.165) is 6.07 Å². The van der Waals surface area contributed by atoms with Gasteiger partial charge in [0.05, 0.1) is 10.5 Å². The molecule has 2 aromatic rings. The molecule has 0 amide bonds. The zero-order valence-electron chi connectivity index (χ0n) is 12.4. The summed E-state index contributed by atoms with van der Waals surface area (Å²) in [7, 11) is -5.37. The number of aliphatic hydroxyl groups excluding tert-OH is 1. The van der Waals surface area contributed by atoms with Gasteiger partial charge in [0.2, 0.25) is 9.84 Å². The molecule has 1 heterocycles. The third-order valence-electron chi connectivity index (χ3n) is 3.78. The second-order valence-corrected chi connectivity index (χ2v) is 7.33. The van der Waals surface area contributed by atoms with Gasteiger partial charge in [0.1, 0.15) is 11.5 Å². The van der Waals surface area contributed by atoms with Crippen molar-refractivity contribution in [2.24, 2.45) is 0 Å². The molecule has 1 N–H and O–H groups in total. The number of rotatable bonds is 3. The first-order chi connectivity index (χ1) is 12.0. The Hall–Kier alpha value is -2.27. The Morgan fingerprint density at radius 3 is 2.31 bits per heavy atom. The van der Waals surface area contributed by atoms with Crippen molar-refractivity contribution in [2.75, 3.05) is 0 Å². The molecule has 0 saturated carbocycles. The second kappa shape index (κ2) is 5.88. The zero-order valence-corrected chi connectivity index (χ0v) is 13.2. The largest absolute Gasteiger partial charge is 0.457 e. The van der Waals surface area contributed by atoms with Crippen molar-refractivity contribution in [3.63, 3.8) is 0 Å². The maximum absolute atomic E-state index is 13.8. The minimum Gasteiger partial charge on any atom is -0.457 e. The Balaban J connectivity index is 2.18. The van der Waals surface area contributed by atoms with Gasteiger partial charge in [-0.25, -0.2) is 26.0 Å². The first kappa shape index (κ1) is 18.5. The van der Waals surface area contributed by atoms with E-state index in [0.29, 0.717) is 24.3 Å². The Morgan fingerprint density at radius 2 is 1.73 bits per heavy atom. The third-order valence-corrected chi connectivity index (χ3v) is 5.66. The number of hydrogen-bond donors (Lipinski definition) is 1. The number of benzene rings is 2. The fraction of sp³-hybridized carbons (Fsp3) is 0.200. The van der Waals surface area contributed by atoms with Crippen molar-refractivity contribution in [3.8, 4) is 11.5 Å². The average Bonchev–Trinajstić information content (AvgIpc) is 2.68. The SMILES string of the molecule is O=S1(=O)c2ccc(Oc3ccc(F)c(F)c3)c(C(F)F)c2C(O)C1(F)F. The van der Waals surface area contributed by atoms with Crippen LogP contribution in [0.15, 0.2) is 35.2 Å². The summed E-state index contributed by atoms with van der Waals surface area (Å²) in [6.45, 7) is 0. The predicted octanol–water partition coefficient (Wildman–Crippen LogP) is 4.11. The number of sulfone groups is 1. The molecule has 140 valence electrons. The van der Waals surface area contributed by atoms with Crippen LogP contribution in [0.4, 0.5) is 26.3 Å². The molecular weight excluding hydrogens is 390 g/mol. The van der Waals surface area contributed by atoms with Gasteiger partial charge in [-0.05, 0) is 24.3 Å². The van der Waals surface area contributed by atoms with Gasteiger partial charge in [-0.2, -0.15) is 8.78 Å². The van der Waals surface area contributed by atoms with Crippen LogP contribution in [0, 0.1) is 11.6 Å². The summed E-state index contributed by atoms with van der Waals surface area (Å²) in [6, 6.07) is 3.32. The normalized spacial score (nSPS) is 20.2. The molecule has 4 nitrogen and oxygen atoms in total. The molecule has 1 unspecified atom stereocenters. The monoisotopic (exact) mass is 398 g/mol. The van der Waals surface area contributed by atoms with Crippen LogP contribution in [0.3, 0.4) is 0 Å². The molecule has 0 radical (unpaired) electrons.